The van der Waals surface area contributed by atoms with E-state index in [0.717, 1.165) is 33.8 Å². The second kappa shape index (κ2) is 6.25. The van der Waals surface area contributed by atoms with E-state index >= 15 is 0 Å². The van der Waals surface area contributed by atoms with Gasteiger partial charge in [0.25, 0.3) is 5.91 Å². The fraction of sp³-hybridized carbons (Fsp3) is 0.143. The van der Waals surface area contributed by atoms with Crippen LogP contribution in [0.4, 0.5) is 0 Å². The Bertz CT molecular complexity index is 1110. The van der Waals surface area contributed by atoms with Crippen LogP contribution in [-0.4, -0.2) is 25.2 Å². The van der Waals surface area contributed by atoms with Crippen molar-refractivity contribution in [3.05, 3.63) is 82.4 Å². The van der Waals surface area contributed by atoms with Gasteiger partial charge < -0.3 is 9.47 Å². The van der Waals surface area contributed by atoms with Crippen molar-refractivity contribution in [2.75, 3.05) is 0 Å². The van der Waals surface area contributed by atoms with E-state index in [9.17, 15) is 4.79 Å². The molecule has 6 heteroatoms. The van der Waals surface area contributed by atoms with Gasteiger partial charge in [0.15, 0.2) is 0 Å². The maximum Gasteiger partial charge on any atom is 0.255 e. The van der Waals surface area contributed by atoms with Gasteiger partial charge >= 0.3 is 0 Å². The van der Waals surface area contributed by atoms with Crippen LogP contribution >= 0.6 is 11.3 Å². The van der Waals surface area contributed by atoms with Crippen LogP contribution in [0.3, 0.4) is 0 Å². The maximum absolute atomic E-state index is 13.0. The van der Waals surface area contributed by atoms with E-state index in [4.69, 9.17) is 5.10 Å². The summed E-state index contributed by atoms with van der Waals surface area (Å²) in [5, 5.41) is 8.71. The third kappa shape index (κ3) is 2.69. The number of benzene rings is 1. The van der Waals surface area contributed by atoms with Gasteiger partial charge in [-0.25, -0.2) is 4.68 Å². The molecule has 0 unspecified atom stereocenters. The number of rotatable bonds is 2. The third-order valence-corrected chi connectivity index (χ3v) is 5.71. The number of aromatic nitrogens is 3. The zero-order valence-corrected chi connectivity index (χ0v) is 15.7. The molecule has 0 fully saturated rings. The lowest BCUT2D eigenvalue weighted by Crippen LogP contribution is -2.29. The summed E-state index contributed by atoms with van der Waals surface area (Å²) >= 11 is 1.55. The first-order chi connectivity index (χ1) is 13.2. The van der Waals surface area contributed by atoms with Gasteiger partial charge in [0.05, 0.1) is 30.0 Å². The topological polar surface area (TPSA) is 43.1 Å². The Hall–Kier alpha value is -3.12. The molecule has 134 valence electrons. The molecular formula is C21H18N4OS. The van der Waals surface area contributed by atoms with Gasteiger partial charge in [-0.1, -0.05) is 18.2 Å². The Kier molecular flexibility index (Phi) is 3.72. The van der Waals surface area contributed by atoms with E-state index in [1.807, 2.05) is 76.2 Å². The highest BCUT2D eigenvalue weighted by Crippen LogP contribution is 2.33. The van der Waals surface area contributed by atoms with E-state index in [-0.39, 0.29) is 5.91 Å². The number of amides is 1. The lowest BCUT2D eigenvalue weighted by Gasteiger charge is -2.21. The summed E-state index contributed by atoms with van der Waals surface area (Å²) in [6.45, 7) is 1.13. The molecule has 1 aliphatic heterocycles. The Morgan fingerprint density at radius 2 is 1.96 bits per heavy atom. The van der Waals surface area contributed by atoms with Gasteiger partial charge in [0, 0.05) is 41.6 Å². The van der Waals surface area contributed by atoms with Crippen LogP contribution in [-0.2, 0) is 20.1 Å². The Morgan fingerprint density at radius 3 is 2.74 bits per heavy atom. The van der Waals surface area contributed by atoms with Crippen LogP contribution in [0, 0.1) is 0 Å². The standard InChI is InChI=1S/C21H18N4OS/c1-23-9-7-18-19(23)13-24(21(26)15-8-10-27-14-15)11-16-12-25(22-20(16)18)17-5-3-2-4-6-17/h2-10,12,14H,11,13H2,1H3. The fourth-order valence-corrected chi connectivity index (χ4v) is 4.22. The molecule has 0 bridgehead atoms. The molecule has 0 N–H and O–H groups in total. The van der Waals surface area contributed by atoms with Crippen molar-refractivity contribution < 1.29 is 4.79 Å². The van der Waals surface area contributed by atoms with Gasteiger partial charge in [-0.05, 0) is 29.6 Å². The van der Waals surface area contributed by atoms with Crippen molar-refractivity contribution in [3.63, 3.8) is 0 Å². The quantitative estimate of drug-likeness (QED) is 0.530. The molecule has 5 rings (SSSR count). The number of fused-ring (bicyclic) bond motifs is 3. The van der Waals surface area contributed by atoms with Crippen LogP contribution in [0.2, 0.25) is 0 Å². The molecule has 0 saturated carbocycles. The molecule has 1 aliphatic rings. The monoisotopic (exact) mass is 374 g/mol. The predicted octanol–water partition coefficient (Wildman–Crippen LogP) is 4.10. The molecule has 4 heterocycles. The summed E-state index contributed by atoms with van der Waals surface area (Å²) in [6.07, 6.45) is 4.08. The van der Waals surface area contributed by atoms with Gasteiger partial charge in [-0.2, -0.15) is 16.4 Å². The number of para-hydroxylation sites is 1. The van der Waals surface area contributed by atoms with E-state index in [0.29, 0.717) is 13.1 Å². The van der Waals surface area contributed by atoms with Crippen LogP contribution in [0.15, 0.2) is 65.6 Å². The van der Waals surface area contributed by atoms with E-state index in [2.05, 4.69) is 10.6 Å². The molecule has 4 aromatic rings. The molecule has 0 spiro atoms. The van der Waals surface area contributed by atoms with Gasteiger partial charge in [0.1, 0.15) is 0 Å². The van der Waals surface area contributed by atoms with Crippen molar-refractivity contribution in [3.8, 4) is 16.9 Å². The highest BCUT2D eigenvalue weighted by molar-refractivity contribution is 7.08. The van der Waals surface area contributed by atoms with Crippen molar-refractivity contribution in [1.29, 1.82) is 0 Å². The van der Waals surface area contributed by atoms with Gasteiger partial charge in [-0.3, -0.25) is 4.79 Å². The third-order valence-electron chi connectivity index (χ3n) is 5.02. The normalized spacial score (nSPS) is 13.1. The molecule has 0 radical (unpaired) electrons. The van der Waals surface area contributed by atoms with E-state index < -0.39 is 0 Å². The van der Waals surface area contributed by atoms with E-state index in [1.165, 1.54) is 0 Å². The molecule has 3 aromatic heterocycles. The number of hydrogen-bond acceptors (Lipinski definition) is 3. The Labute approximate surface area is 161 Å². The summed E-state index contributed by atoms with van der Waals surface area (Å²) in [4.78, 5) is 14.9. The smallest absolute Gasteiger partial charge is 0.255 e. The van der Waals surface area contributed by atoms with Gasteiger partial charge in [0.2, 0.25) is 0 Å². The Balaban J connectivity index is 1.62. The largest absolute Gasteiger partial charge is 0.352 e. The minimum absolute atomic E-state index is 0.0590. The maximum atomic E-state index is 13.0. The summed E-state index contributed by atoms with van der Waals surface area (Å²) in [5.74, 6) is 0.0590. The summed E-state index contributed by atoms with van der Waals surface area (Å²) in [7, 11) is 2.02. The molecule has 27 heavy (non-hydrogen) atoms. The minimum Gasteiger partial charge on any atom is -0.352 e. The molecule has 5 nitrogen and oxygen atoms in total. The number of aryl methyl sites for hydroxylation is 1. The highest BCUT2D eigenvalue weighted by atomic mass is 32.1. The second-order valence-electron chi connectivity index (χ2n) is 6.74. The van der Waals surface area contributed by atoms with Crippen LogP contribution in [0.5, 0.6) is 0 Å². The zero-order valence-electron chi connectivity index (χ0n) is 14.9. The number of thiophene rings is 1. The van der Waals surface area contributed by atoms with Crippen molar-refractivity contribution in [2.45, 2.75) is 13.1 Å². The first-order valence-corrected chi connectivity index (χ1v) is 9.75. The highest BCUT2D eigenvalue weighted by Gasteiger charge is 2.28. The van der Waals surface area contributed by atoms with Crippen LogP contribution in [0.1, 0.15) is 21.6 Å². The predicted molar refractivity (Wildman–Crippen MR) is 106 cm³/mol. The van der Waals surface area contributed by atoms with Crippen molar-refractivity contribution in [1.82, 2.24) is 19.2 Å². The van der Waals surface area contributed by atoms with E-state index in [1.54, 1.807) is 11.3 Å². The molecule has 1 aromatic carbocycles. The summed E-state index contributed by atoms with van der Waals surface area (Å²) in [5.41, 5.74) is 5.98. The zero-order chi connectivity index (χ0) is 18.4. The van der Waals surface area contributed by atoms with Crippen molar-refractivity contribution in [2.24, 2.45) is 7.05 Å². The molecular weight excluding hydrogens is 356 g/mol. The van der Waals surface area contributed by atoms with Gasteiger partial charge in [-0.15, -0.1) is 0 Å². The molecule has 1 amide bonds. The number of carbonyl (C=O) groups excluding carboxylic acids is 1. The lowest BCUT2D eigenvalue weighted by molar-refractivity contribution is 0.0729. The van der Waals surface area contributed by atoms with Crippen LogP contribution < -0.4 is 0 Å². The average Bonchev–Trinajstić information content (AvgIpc) is 3.41. The molecule has 0 atom stereocenters. The summed E-state index contributed by atoms with van der Waals surface area (Å²) in [6, 6.07) is 14.0. The second-order valence-corrected chi connectivity index (χ2v) is 7.52. The SMILES string of the molecule is Cn1ccc2c1CN(C(=O)c1ccsc1)Cc1cn(-c3ccccc3)nc1-2. The Morgan fingerprint density at radius 1 is 1.11 bits per heavy atom. The molecule has 0 aliphatic carbocycles. The first-order valence-electron chi connectivity index (χ1n) is 8.81. The molecule has 0 saturated heterocycles. The first kappa shape index (κ1) is 16.1. The number of nitrogens with zero attached hydrogens (tertiary/aromatic N) is 4. The number of hydrogen-bond donors (Lipinski definition) is 0. The summed E-state index contributed by atoms with van der Waals surface area (Å²) < 4.78 is 3.99. The van der Waals surface area contributed by atoms with Crippen molar-refractivity contribution >= 4 is 17.2 Å². The lowest BCUT2D eigenvalue weighted by atomic mass is 10.1. The number of carbonyl (C=O) groups is 1. The fourth-order valence-electron chi connectivity index (χ4n) is 3.59. The average molecular weight is 374 g/mol. The minimum atomic E-state index is 0.0590. The van der Waals surface area contributed by atoms with Crippen LogP contribution in [0.25, 0.3) is 16.9 Å².